The summed E-state index contributed by atoms with van der Waals surface area (Å²) in [7, 11) is 0. The zero-order valence-electron chi connectivity index (χ0n) is 9.48. The lowest BCUT2D eigenvalue weighted by molar-refractivity contribution is 0.0988. The molecule has 0 radical (unpaired) electrons. The number of ketones is 1. The van der Waals surface area contributed by atoms with Gasteiger partial charge in [-0.15, -0.1) is 0 Å². The molecule has 0 saturated heterocycles. The maximum atomic E-state index is 12.0. The van der Waals surface area contributed by atoms with Gasteiger partial charge in [-0.05, 0) is 40.5 Å². The van der Waals surface area contributed by atoms with Crippen LogP contribution in [0.25, 0.3) is 0 Å². The Morgan fingerprint density at radius 3 is 2.76 bits per heavy atom. The molecule has 3 heteroatoms. The second-order valence-corrected chi connectivity index (χ2v) is 4.87. The zero-order valence-corrected chi connectivity index (χ0v) is 11.1. The Morgan fingerprint density at radius 2 is 2.12 bits per heavy atom. The Balaban J connectivity index is 2.14. The molecule has 0 aliphatic carbocycles. The summed E-state index contributed by atoms with van der Waals surface area (Å²) in [6.07, 6.45) is 2.04. The molecule has 2 rings (SSSR count). The van der Waals surface area contributed by atoms with Crippen LogP contribution in [0.15, 0.2) is 47.1 Å². The second kappa shape index (κ2) is 5.23. The van der Waals surface area contributed by atoms with Crippen LogP contribution in [-0.4, -0.2) is 10.8 Å². The van der Waals surface area contributed by atoms with Crippen molar-refractivity contribution < 1.29 is 4.79 Å². The standard InChI is InChI=1S/C14H12BrNO/c1-10-3-2-4-11(7-10)8-14(17)13-6-5-12(15)9-16-13/h2-7,9H,8H2,1H3. The van der Waals surface area contributed by atoms with Crippen LogP contribution in [0.2, 0.25) is 0 Å². The van der Waals surface area contributed by atoms with E-state index >= 15 is 0 Å². The van der Waals surface area contributed by atoms with E-state index in [0.29, 0.717) is 12.1 Å². The minimum absolute atomic E-state index is 0.0445. The van der Waals surface area contributed by atoms with Gasteiger partial charge in [-0.2, -0.15) is 0 Å². The molecule has 0 spiro atoms. The summed E-state index contributed by atoms with van der Waals surface area (Å²) in [5.41, 5.74) is 2.70. The number of carbonyl (C=O) groups is 1. The van der Waals surface area contributed by atoms with E-state index in [0.717, 1.165) is 10.0 Å². The summed E-state index contributed by atoms with van der Waals surface area (Å²) in [5.74, 6) is 0.0445. The van der Waals surface area contributed by atoms with Crippen molar-refractivity contribution in [2.24, 2.45) is 0 Å². The molecule has 1 aromatic heterocycles. The van der Waals surface area contributed by atoms with E-state index < -0.39 is 0 Å². The van der Waals surface area contributed by atoms with E-state index in [4.69, 9.17) is 0 Å². The largest absolute Gasteiger partial charge is 0.292 e. The van der Waals surface area contributed by atoms with Crippen LogP contribution >= 0.6 is 15.9 Å². The van der Waals surface area contributed by atoms with Crippen molar-refractivity contribution in [3.63, 3.8) is 0 Å². The smallest absolute Gasteiger partial charge is 0.185 e. The van der Waals surface area contributed by atoms with E-state index in [1.165, 1.54) is 5.56 Å². The fraction of sp³-hybridized carbons (Fsp3) is 0.143. The van der Waals surface area contributed by atoms with Crippen molar-refractivity contribution in [1.29, 1.82) is 0 Å². The lowest BCUT2D eigenvalue weighted by atomic mass is 10.0. The average Bonchev–Trinajstić information content (AvgIpc) is 2.29. The van der Waals surface area contributed by atoms with E-state index in [1.807, 2.05) is 37.3 Å². The average molecular weight is 290 g/mol. The van der Waals surface area contributed by atoms with Crippen molar-refractivity contribution in [3.8, 4) is 0 Å². The van der Waals surface area contributed by atoms with E-state index in [2.05, 4.69) is 20.9 Å². The number of halogens is 1. The third-order valence-electron chi connectivity index (χ3n) is 2.46. The van der Waals surface area contributed by atoms with E-state index in [9.17, 15) is 4.79 Å². The van der Waals surface area contributed by atoms with Gasteiger partial charge in [-0.1, -0.05) is 29.8 Å². The molecule has 17 heavy (non-hydrogen) atoms. The Labute approximate surface area is 109 Å². The van der Waals surface area contributed by atoms with Gasteiger partial charge in [0.1, 0.15) is 5.69 Å². The highest BCUT2D eigenvalue weighted by atomic mass is 79.9. The number of rotatable bonds is 3. The minimum Gasteiger partial charge on any atom is -0.292 e. The van der Waals surface area contributed by atoms with Crippen molar-refractivity contribution in [2.45, 2.75) is 13.3 Å². The molecule has 0 N–H and O–H groups in total. The highest BCUT2D eigenvalue weighted by molar-refractivity contribution is 9.10. The summed E-state index contributed by atoms with van der Waals surface area (Å²) in [4.78, 5) is 16.1. The van der Waals surface area contributed by atoms with Crippen molar-refractivity contribution in [2.75, 3.05) is 0 Å². The summed E-state index contributed by atoms with van der Waals surface area (Å²) in [6, 6.07) is 11.5. The Kier molecular flexibility index (Phi) is 3.69. The van der Waals surface area contributed by atoms with E-state index in [1.54, 1.807) is 12.3 Å². The van der Waals surface area contributed by atoms with Gasteiger partial charge < -0.3 is 0 Å². The first-order valence-electron chi connectivity index (χ1n) is 5.35. The van der Waals surface area contributed by atoms with Gasteiger partial charge in [0.2, 0.25) is 0 Å². The van der Waals surface area contributed by atoms with Gasteiger partial charge in [0.25, 0.3) is 0 Å². The predicted octanol–water partition coefficient (Wildman–Crippen LogP) is 3.58. The normalized spacial score (nSPS) is 10.2. The number of pyridine rings is 1. The van der Waals surface area contributed by atoms with Crippen molar-refractivity contribution >= 4 is 21.7 Å². The van der Waals surface area contributed by atoms with Crippen LogP contribution in [0.5, 0.6) is 0 Å². The van der Waals surface area contributed by atoms with Crippen LogP contribution in [0.4, 0.5) is 0 Å². The maximum absolute atomic E-state index is 12.0. The van der Waals surface area contributed by atoms with Crippen molar-refractivity contribution in [3.05, 3.63) is 63.9 Å². The number of nitrogens with zero attached hydrogens (tertiary/aromatic N) is 1. The lowest BCUT2D eigenvalue weighted by Crippen LogP contribution is -2.05. The molecular formula is C14H12BrNO. The second-order valence-electron chi connectivity index (χ2n) is 3.95. The molecule has 0 unspecified atom stereocenters. The van der Waals surface area contributed by atoms with Crippen LogP contribution in [0.1, 0.15) is 21.6 Å². The molecule has 1 heterocycles. The van der Waals surface area contributed by atoms with Crippen LogP contribution < -0.4 is 0 Å². The third kappa shape index (κ3) is 3.24. The molecule has 2 aromatic rings. The first-order valence-corrected chi connectivity index (χ1v) is 6.15. The van der Waals surface area contributed by atoms with Gasteiger partial charge in [0, 0.05) is 17.1 Å². The van der Waals surface area contributed by atoms with E-state index in [-0.39, 0.29) is 5.78 Å². The maximum Gasteiger partial charge on any atom is 0.185 e. The first kappa shape index (κ1) is 12.0. The summed E-state index contributed by atoms with van der Waals surface area (Å²) in [5, 5.41) is 0. The number of aromatic nitrogens is 1. The van der Waals surface area contributed by atoms with Crippen LogP contribution in [-0.2, 0) is 6.42 Å². The monoisotopic (exact) mass is 289 g/mol. The highest BCUT2D eigenvalue weighted by Gasteiger charge is 2.08. The molecular weight excluding hydrogens is 278 g/mol. The molecule has 0 saturated carbocycles. The van der Waals surface area contributed by atoms with Crippen molar-refractivity contribution in [1.82, 2.24) is 4.98 Å². The topological polar surface area (TPSA) is 30.0 Å². The molecule has 0 fully saturated rings. The van der Waals surface area contributed by atoms with Gasteiger partial charge in [-0.3, -0.25) is 9.78 Å². The highest BCUT2D eigenvalue weighted by Crippen LogP contribution is 2.11. The first-order chi connectivity index (χ1) is 8.15. The summed E-state index contributed by atoms with van der Waals surface area (Å²) in [6.45, 7) is 2.02. The minimum atomic E-state index is 0.0445. The Morgan fingerprint density at radius 1 is 1.29 bits per heavy atom. The number of hydrogen-bond acceptors (Lipinski definition) is 2. The fourth-order valence-electron chi connectivity index (χ4n) is 1.64. The van der Waals surface area contributed by atoms with Gasteiger partial charge in [0.15, 0.2) is 5.78 Å². The Bertz CT molecular complexity index is 534. The van der Waals surface area contributed by atoms with Gasteiger partial charge in [-0.25, -0.2) is 0 Å². The predicted molar refractivity (Wildman–Crippen MR) is 71.2 cm³/mol. The summed E-state index contributed by atoms with van der Waals surface area (Å²) < 4.78 is 0.879. The Hall–Kier alpha value is -1.48. The molecule has 0 bridgehead atoms. The van der Waals surface area contributed by atoms with Gasteiger partial charge >= 0.3 is 0 Å². The van der Waals surface area contributed by atoms with Crippen LogP contribution in [0.3, 0.4) is 0 Å². The molecule has 0 atom stereocenters. The summed E-state index contributed by atoms with van der Waals surface area (Å²) >= 11 is 3.30. The van der Waals surface area contributed by atoms with Crippen LogP contribution in [0, 0.1) is 6.92 Å². The molecule has 0 aliphatic rings. The lowest BCUT2D eigenvalue weighted by Gasteiger charge is -2.02. The molecule has 0 amide bonds. The molecule has 1 aromatic carbocycles. The number of carbonyl (C=O) groups excluding carboxylic acids is 1. The number of benzene rings is 1. The number of Topliss-reactive ketones (excluding diaryl/α,β-unsaturated/α-hetero) is 1. The quantitative estimate of drug-likeness (QED) is 0.809. The SMILES string of the molecule is Cc1cccc(CC(=O)c2ccc(Br)cn2)c1. The molecule has 0 aliphatic heterocycles. The van der Waals surface area contributed by atoms with Gasteiger partial charge in [0.05, 0.1) is 0 Å². The molecule has 2 nitrogen and oxygen atoms in total. The fourth-order valence-corrected chi connectivity index (χ4v) is 1.87. The number of hydrogen-bond donors (Lipinski definition) is 0. The molecule has 86 valence electrons. The zero-order chi connectivity index (χ0) is 12.3. The number of aryl methyl sites for hydroxylation is 1. The third-order valence-corrected chi connectivity index (χ3v) is 2.93.